The van der Waals surface area contributed by atoms with Crippen molar-refractivity contribution in [3.63, 3.8) is 0 Å². The molecule has 0 aliphatic heterocycles. The lowest BCUT2D eigenvalue weighted by Crippen LogP contribution is -2.53. The molecule has 116 valence electrons. The highest BCUT2D eigenvalue weighted by Gasteiger charge is 2.32. The van der Waals surface area contributed by atoms with Gasteiger partial charge in [0.25, 0.3) is 0 Å². The number of sulfonamides is 1. The number of carboxylic acids is 1. The Balaban J connectivity index is 2.78. The van der Waals surface area contributed by atoms with E-state index < -0.39 is 27.6 Å². The first kappa shape index (κ1) is 16.9. The second-order valence-electron chi connectivity index (χ2n) is 4.64. The molecule has 0 aliphatic rings. The number of benzene rings is 1. The molecule has 0 aliphatic carbocycles. The molecule has 0 bridgehead atoms. The molecule has 1 rings (SSSR count). The van der Waals surface area contributed by atoms with Crippen molar-refractivity contribution in [2.45, 2.75) is 30.7 Å². The number of amides is 2. The molecule has 21 heavy (non-hydrogen) atoms. The van der Waals surface area contributed by atoms with Gasteiger partial charge in [0.15, 0.2) is 0 Å². The zero-order valence-corrected chi connectivity index (χ0v) is 12.4. The Bertz CT molecular complexity index is 641. The summed E-state index contributed by atoms with van der Waals surface area (Å²) in [5, 5.41) is 18.8. The molecule has 2 amide bonds. The molecule has 0 fully saturated rings. The van der Waals surface area contributed by atoms with Gasteiger partial charge in [-0.2, -0.15) is 0 Å². The number of carboxylic acid groups (broad SMARTS) is 1. The number of nitrogens with one attached hydrogen (secondary N) is 2. The third-order valence-electron chi connectivity index (χ3n) is 3.01. The lowest BCUT2D eigenvalue weighted by molar-refractivity contribution is -0.143. The van der Waals surface area contributed by atoms with Crippen LogP contribution in [0, 0.1) is 0 Å². The minimum Gasteiger partial charge on any atom is -0.480 e. The van der Waals surface area contributed by atoms with Crippen molar-refractivity contribution in [2.24, 2.45) is 5.14 Å². The van der Waals surface area contributed by atoms with Crippen molar-refractivity contribution in [3.05, 3.63) is 24.3 Å². The Hall–Kier alpha value is -2.13. The number of urea groups is 1. The lowest BCUT2D eigenvalue weighted by Gasteiger charge is -2.24. The molecule has 1 aromatic carbocycles. The van der Waals surface area contributed by atoms with Gasteiger partial charge in [0.2, 0.25) is 10.0 Å². The van der Waals surface area contributed by atoms with Crippen LogP contribution in [0.3, 0.4) is 0 Å². The van der Waals surface area contributed by atoms with Gasteiger partial charge in [0.1, 0.15) is 5.54 Å². The fraction of sp³-hybridized carbons (Fsp3) is 0.333. The fourth-order valence-corrected chi connectivity index (χ4v) is 1.95. The monoisotopic (exact) mass is 315 g/mol. The number of hydrogen-bond acceptors (Lipinski definition) is 4. The lowest BCUT2D eigenvalue weighted by atomic mass is 10.00. The Kier molecular flexibility index (Phi) is 4.92. The highest BCUT2D eigenvalue weighted by Crippen LogP contribution is 2.14. The minimum atomic E-state index is -3.80. The van der Waals surface area contributed by atoms with E-state index in [0.717, 1.165) is 0 Å². The Morgan fingerprint density at radius 3 is 2.19 bits per heavy atom. The van der Waals surface area contributed by atoms with E-state index >= 15 is 0 Å². The summed E-state index contributed by atoms with van der Waals surface area (Å²) in [5.74, 6) is -1.15. The van der Waals surface area contributed by atoms with E-state index in [1.54, 1.807) is 6.92 Å². The van der Waals surface area contributed by atoms with Crippen molar-refractivity contribution < 1.29 is 23.1 Å². The maximum atomic E-state index is 11.7. The number of aliphatic carboxylic acids is 1. The maximum absolute atomic E-state index is 11.7. The summed E-state index contributed by atoms with van der Waals surface area (Å²) in [6.07, 6.45) is 0.208. The number of rotatable bonds is 5. The first-order chi connectivity index (χ1) is 9.58. The number of carbonyl (C=O) groups excluding carboxylic acids is 1. The number of primary sulfonamides is 1. The average molecular weight is 315 g/mol. The molecule has 0 aromatic heterocycles. The molecule has 0 spiro atoms. The molecule has 1 aromatic rings. The largest absolute Gasteiger partial charge is 0.480 e. The smallest absolute Gasteiger partial charge is 0.329 e. The van der Waals surface area contributed by atoms with Crippen LogP contribution in [0.1, 0.15) is 20.3 Å². The van der Waals surface area contributed by atoms with Crippen LogP contribution in [0.4, 0.5) is 10.5 Å². The highest BCUT2D eigenvalue weighted by molar-refractivity contribution is 7.89. The van der Waals surface area contributed by atoms with Crippen molar-refractivity contribution in [1.82, 2.24) is 5.32 Å². The summed E-state index contributed by atoms with van der Waals surface area (Å²) >= 11 is 0. The van der Waals surface area contributed by atoms with Gasteiger partial charge in [0.05, 0.1) is 4.90 Å². The van der Waals surface area contributed by atoms with Gasteiger partial charge in [-0.15, -0.1) is 0 Å². The molecule has 5 N–H and O–H groups in total. The molecule has 1 atom stereocenters. The summed E-state index contributed by atoms with van der Waals surface area (Å²) in [6.45, 7) is 3.02. The van der Waals surface area contributed by atoms with Crippen LogP contribution in [0.5, 0.6) is 0 Å². The summed E-state index contributed by atoms with van der Waals surface area (Å²) in [7, 11) is -3.80. The van der Waals surface area contributed by atoms with Crippen molar-refractivity contribution in [3.8, 4) is 0 Å². The van der Waals surface area contributed by atoms with Gasteiger partial charge in [-0.3, -0.25) is 0 Å². The Labute approximate surface area is 122 Å². The van der Waals surface area contributed by atoms with Crippen LogP contribution >= 0.6 is 0 Å². The van der Waals surface area contributed by atoms with Crippen molar-refractivity contribution in [1.29, 1.82) is 0 Å². The summed E-state index contributed by atoms with van der Waals surface area (Å²) < 4.78 is 22.2. The van der Waals surface area contributed by atoms with Gasteiger partial charge >= 0.3 is 12.0 Å². The van der Waals surface area contributed by atoms with Crippen LogP contribution in [-0.2, 0) is 14.8 Å². The third kappa shape index (κ3) is 4.43. The predicted octanol–water partition coefficient (Wildman–Crippen LogP) is 0.709. The van der Waals surface area contributed by atoms with Gasteiger partial charge in [-0.25, -0.2) is 23.1 Å². The standard InChI is InChI=1S/C12H17N3O5S/c1-3-12(2,10(16)17)15-11(18)14-8-4-6-9(7-5-8)21(13,19)20/h4-7H,3H2,1-2H3,(H,16,17)(H2,13,19,20)(H2,14,15,18). The topological polar surface area (TPSA) is 139 Å². The van der Waals surface area contributed by atoms with E-state index in [0.29, 0.717) is 5.69 Å². The van der Waals surface area contributed by atoms with Crippen LogP contribution in [-0.4, -0.2) is 31.1 Å². The molecule has 0 radical (unpaired) electrons. The molecule has 1 unspecified atom stereocenters. The van der Waals surface area contributed by atoms with E-state index in [-0.39, 0.29) is 11.3 Å². The fourth-order valence-electron chi connectivity index (χ4n) is 1.43. The van der Waals surface area contributed by atoms with Crippen molar-refractivity contribution in [2.75, 3.05) is 5.32 Å². The quantitative estimate of drug-likeness (QED) is 0.633. The first-order valence-corrected chi connectivity index (χ1v) is 7.58. The number of hydrogen-bond donors (Lipinski definition) is 4. The summed E-state index contributed by atoms with van der Waals surface area (Å²) in [6, 6.07) is 4.47. The molecule has 0 saturated heterocycles. The molecular formula is C12H17N3O5S. The van der Waals surface area contributed by atoms with E-state index in [4.69, 9.17) is 10.2 Å². The molecule has 8 nitrogen and oxygen atoms in total. The van der Waals surface area contributed by atoms with E-state index in [2.05, 4.69) is 10.6 Å². The summed E-state index contributed by atoms with van der Waals surface area (Å²) in [4.78, 5) is 22.7. The highest BCUT2D eigenvalue weighted by atomic mass is 32.2. The molecule has 0 heterocycles. The van der Waals surface area contributed by atoms with Gasteiger partial charge in [-0.1, -0.05) is 6.92 Å². The van der Waals surface area contributed by atoms with E-state index in [9.17, 15) is 18.0 Å². The number of carbonyl (C=O) groups is 2. The normalized spacial score (nSPS) is 14.0. The first-order valence-electron chi connectivity index (χ1n) is 6.04. The Morgan fingerprint density at radius 2 is 1.81 bits per heavy atom. The predicted molar refractivity (Wildman–Crippen MR) is 76.3 cm³/mol. The number of nitrogens with two attached hydrogens (primary N) is 1. The zero-order valence-electron chi connectivity index (χ0n) is 11.6. The van der Waals surface area contributed by atoms with Gasteiger partial charge in [-0.05, 0) is 37.6 Å². The minimum absolute atomic E-state index is 0.0857. The average Bonchev–Trinajstić information content (AvgIpc) is 2.37. The SMILES string of the molecule is CCC(C)(NC(=O)Nc1ccc(S(N)(=O)=O)cc1)C(=O)O. The zero-order chi connectivity index (χ0) is 16.3. The maximum Gasteiger partial charge on any atom is 0.329 e. The van der Waals surface area contributed by atoms with Gasteiger partial charge in [0, 0.05) is 5.69 Å². The van der Waals surface area contributed by atoms with E-state index in [1.807, 2.05) is 0 Å². The Morgan fingerprint density at radius 1 is 1.29 bits per heavy atom. The third-order valence-corrected chi connectivity index (χ3v) is 3.94. The van der Waals surface area contributed by atoms with Crippen LogP contribution in [0.25, 0.3) is 0 Å². The van der Waals surface area contributed by atoms with E-state index in [1.165, 1.54) is 31.2 Å². The van der Waals surface area contributed by atoms with Gasteiger partial charge < -0.3 is 15.7 Å². The van der Waals surface area contributed by atoms with Crippen LogP contribution in [0.2, 0.25) is 0 Å². The van der Waals surface area contributed by atoms with Crippen LogP contribution < -0.4 is 15.8 Å². The molecular weight excluding hydrogens is 298 g/mol. The molecule has 0 saturated carbocycles. The number of anilines is 1. The van der Waals surface area contributed by atoms with Crippen molar-refractivity contribution >= 4 is 27.7 Å². The summed E-state index contributed by atoms with van der Waals surface area (Å²) in [5.41, 5.74) is -1.08. The second-order valence-corrected chi connectivity index (χ2v) is 6.20. The van der Waals surface area contributed by atoms with Crippen LogP contribution in [0.15, 0.2) is 29.2 Å². The molecule has 9 heteroatoms. The second kappa shape index (κ2) is 6.10.